The maximum atomic E-state index is 4.46. The van der Waals surface area contributed by atoms with E-state index in [4.69, 9.17) is 0 Å². The van der Waals surface area contributed by atoms with E-state index in [2.05, 4.69) is 45.5 Å². The van der Waals surface area contributed by atoms with Gasteiger partial charge in [-0.25, -0.2) is 4.98 Å². The van der Waals surface area contributed by atoms with E-state index < -0.39 is 0 Å². The quantitative estimate of drug-likeness (QED) is 0.846. The molecular formula is C17H24N4. The molecule has 0 amide bonds. The SMILES string of the molecule is Cc1cc(CC[C@H]2CCCN2Cc2nccn2C)ccn1. The third-order valence-corrected chi connectivity index (χ3v) is 4.49. The van der Waals surface area contributed by atoms with Gasteiger partial charge in [0, 0.05) is 37.4 Å². The first kappa shape index (κ1) is 14.3. The lowest BCUT2D eigenvalue weighted by molar-refractivity contribution is 0.227. The van der Waals surface area contributed by atoms with Crippen LogP contribution < -0.4 is 0 Å². The third-order valence-electron chi connectivity index (χ3n) is 4.49. The average molecular weight is 284 g/mol. The Kier molecular flexibility index (Phi) is 4.34. The van der Waals surface area contributed by atoms with Gasteiger partial charge in [-0.3, -0.25) is 9.88 Å². The highest BCUT2D eigenvalue weighted by Gasteiger charge is 2.25. The van der Waals surface area contributed by atoms with Crippen molar-refractivity contribution in [2.45, 2.75) is 45.2 Å². The van der Waals surface area contributed by atoms with Crippen molar-refractivity contribution in [1.29, 1.82) is 0 Å². The van der Waals surface area contributed by atoms with Crippen molar-refractivity contribution >= 4 is 0 Å². The summed E-state index contributed by atoms with van der Waals surface area (Å²) >= 11 is 0. The number of rotatable bonds is 5. The summed E-state index contributed by atoms with van der Waals surface area (Å²) in [6, 6.07) is 5.04. The molecule has 0 radical (unpaired) electrons. The minimum atomic E-state index is 0.690. The Morgan fingerprint density at radius 2 is 2.19 bits per heavy atom. The van der Waals surface area contributed by atoms with Crippen LogP contribution in [0.1, 0.15) is 36.3 Å². The van der Waals surface area contributed by atoms with Crippen molar-refractivity contribution in [3.05, 3.63) is 47.8 Å². The number of likely N-dealkylation sites (tertiary alicyclic amines) is 1. The van der Waals surface area contributed by atoms with Crippen LogP contribution in [0.5, 0.6) is 0 Å². The predicted octanol–water partition coefficient (Wildman–Crippen LogP) is 2.72. The van der Waals surface area contributed by atoms with Crippen LogP contribution in [0, 0.1) is 6.92 Å². The Bertz CT molecular complexity index is 590. The lowest BCUT2D eigenvalue weighted by Gasteiger charge is -2.24. The second kappa shape index (κ2) is 6.39. The highest BCUT2D eigenvalue weighted by atomic mass is 15.2. The van der Waals surface area contributed by atoms with Crippen molar-refractivity contribution in [2.75, 3.05) is 6.54 Å². The molecule has 0 spiro atoms. The highest BCUT2D eigenvalue weighted by Crippen LogP contribution is 2.23. The summed E-state index contributed by atoms with van der Waals surface area (Å²) in [5, 5.41) is 0. The van der Waals surface area contributed by atoms with Gasteiger partial charge in [0.15, 0.2) is 0 Å². The zero-order valence-electron chi connectivity index (χ0n) is 13.0. The lowest BCUT2D eigenvalue weighted by atomic mass is 10.0. The molecule has 4 heteroatoms. The number of aromatic nitrogens is 3. The maximum absolute atomic E-state index is 4.46. The van der Waals surface area contributed by atoms with E-state index >= 15 is 0 Å². The van der Waals surface area contributed by atoms with Crippen LogP contribution in [0.25, 0.3) is 0 Å². The lowest BCUT2D eigenvalue weighted by Crippen LogP contribution is -2.30. The Labute approximate surface area is 126 Å². The molecule has 0 saturated carbocycles. The molecule has 0 N–H and O–H groups in total. The molecule has 0 aliphatic carbocycles. The van der Waals surface area contributed by atoms with Crippen LogP contribution in [-0.2, 0) is 20.0 Å². The smallest absolute Gasteiger partial charge is 0.122 e. The standard InChI is InChI=1S/C17H24N4/c1-14-12-15(7-8-18-14)5-6-16-4-3-10-21(16)13-17-19-9-11-20(17)2/h7-9,11-12,16H,3-6,10,13H2,1-2H3/t16-/m1/s1. The molecule has 1 atom stereocenters. The van der Waals surface area contributed by atoms with Gasteiger partial charge in [-0.2, -0.15) is 0 Å². The average Bonchev–Trinajstić information content (AvgIpc) is 3.07. The minimum absolute atomic E-state index is 0.690. The summed E-state index contributed by atoms with van der Waals surface area (Å²) in [4.78, 5) is 11.3. The van der Waals surface area contributed by atoms with Crippen LogP contribution in [0.15, 0.2) is 30.7 Å². The van der Waals surface area contributed by atoms with E-state index in [9.17, 15) is 0 Å². The van der Waals surface area contributed by atoms with Gasteiger partial charge in [-0.15, -0.1) is 0 Å². The zero-order chi connectivity index (χ0) is 14.7. The van der Waals surface area contributed by atoms with Gasteiger partial charge in [-0.1, -0.05) is 0 Å². The summed E-state index contributed by atoms with van der Waals surface area (Å²) in [5.41, 5.74) is 2.52. The summed E-state index contributed by atoms with van der Waals surface area (Å²) < 4.78 is 2.13. The fraction of sp³-hybridized carbons (Fsp3) is 0.529. The van der Waals surface area contributed by atoms with Crippen molar-refractivity contribution in [2.24, 2.45) is 7.05 Å². The normalized spacial score (nSPS) is 19.2. The topological polar surface area (TPSA) is 34.0 Å². The number of hydrogen-bond acceptors (Lipinski definition) is 3. The van der Waals surface area contributed by atoms with Crippen molar-refractivity contribution in [3.8, 4) is 0 Å². The fourth-order valence-corrected chi connectivity index (χ4v) is 3.25. The number of hydrogen-bond donors (Lipinski definition) is 0. The number of pyridine rings is 1. The molecule has 1 fully saturated rings. The molecule has 1 aliphatic rings. The van der Waals surface area contributed by atoms with Crippen LogP contribution in [0.3, 0.4) is 0 Å². The molecule has 0 unspecified atom stereocenters. The third kappa shape index (κ3) is 3.50. The van der Waals surface area contributed by atoms with Gasteiger partial charge in [-0.05, 0) is 56.8 Å². The second-order valence-electron chi connectivity index (χ2n) is 6.07. The molecule has 0 bridgehead atoms. The van der Waals surface area contributed by atoms with Gasteiger partial charge >= 0.3 is 0 Å². The van der Waals surface area contributed by atoms with Crippen molar-refractivity contribution in [3.63, 3.8) is 0 Å². The molecule has 112 valence electrons. The first-order chi connectivity index (χ1) is 10.2. The summed E-state index contributed by atoms with van der Waals surface area (Å²) in [6.07, 6.45) is 10.8. The monoisotopic (exact) mass is 284 g/mol. The largest absolute Gasteiger partial charge is 0.337 e. The van der Waals surface area contributed by atoms with Crippen LogP contribution >= 0.6 is 0 Å². The fourth-order valence-electron chi connectivity index (χ4n) is 3.25. The molecule has 21 heavy (non-hydrogen) atoms. The van der Waals surface area contributed by atoms with E-state index in [1.54, 1.807) is 0 Å². The molecule has 1 saturated heterocycles. The zero-order valence-corrected chi connectivity index (χ0v) is 13.0. The minimum Gasteiger partial charge on any atom is -0.337 e. The molecule has 0 aromatic carbocycles. The molecule has 1 aliphatic heterocycles. The molecule has 4 nitrogen and oxygen atoms in total. The van der Waals surface area contributed by atoms with Crippen LogP contribution in [0.4, 0.5) is 0 Å². The molecule has 2 aromatic rings. The van der Waals surface area contributed by atoms with E-state index in [1.165, 1.54) is 37.2 Å². The summed E-state index contributed by atoms with van der Waals surface area (Å²) in [6.45, 7) is 4.24. The van der Waals surface area contributed by atoms with Gasteiger partial charge in [0.05, 0.1) is 6.54 Å². The summed E-state index contributed by atoms with van der Waals surface area (Å²) in [7, 11) is 2.08. The molecular weight excluding hydrogens is 260 g/mol. The van der Waals surface area contributed by atoms with E-state index in [-0.39, 0.29) is 0 Å². The number of nitrogens with zero attached hydrogens (tertiary/aromatic N) is 4. The van der Waals surface area contributed by atoms with Gasteiger partial charge in [0.1, 0.15) is 5.82 Å². The molecule has 3 heterocycles. The van der Waals surface area contributed by atoms with Gasteiger partial charge in [0.25, 0.3) is 0 Å². The Morgan fingerprint density at radius 3 is 2.95 bits per heavy atom. The Morgan fingerprint density at radius 1 is 1.29 bits per heavy atom. The van der Waals surface area contributed by atoms with E-state index in [0.717, 1.165) is 18.7 Å². The van der Waals surface area contributed by atoms with Crippen LogP contribution in [-0.4, -0.2) is 32.0 Å². The number of aryl methyl sites for hydroxylation is 3. The van der Waals surface area contributed by atoms with Crippen molar-refractivity contribution < 1.29 is 0 Å². The van der Waals surface area contributed by atoms with Crippen LogP contribution in [0.2, 0.25) is 0 Å². The number of imidazole rings is 1. The highest BCUT2D eigenvalue weighted by molar-refractivity contribution is 5.15. The maximum Gasteiger partial charge on any atom is 0.122 e. The first-order valence-corrected chi connectivity index (χ1v) is 7.84. The van der Waals surface area contributed by atoms with Crippen molar-refractivity contribution in [1.82, 2.24) is 19.4 Å². The summed E-state index contributed by atoms with van der Waals surface area (Å²) in [5.74, 6) is 1.17. The van der Waals surface area contributed by atoms with Gasteiger partial charge < -0.3 is 4.57 Å². The Hall–Kier alpha value is -1.68. The predicted molar refractivity (Wildman–Crippen MR) is 83.9 cm³/mol. The van der Waals surface area contributed by atoms with Gasteiger partial charge in [0.2, 0.25) is 0 Å². The Balaban J connectivity index is 1.58. The van der Waals surface area contributed by atoms with E-state index in [0.29, 0.717) is 6.04 Å². The molecule has 3 rings (SSSR count). The first-order valence-electron chi connectivity index (χ1n) is 7.84. The second-order valence-corrected chi connectivity index (χ2v) is 6.07. The van der Waals surface area contributed by atoms with E-state index in [1.807, 2.05) is 18.6 Å². The molecule has 2 aromatic heterocycles.